The van der Waals surface area contributed by atoms with E-state index in [1.807, 2.05) is 24.3 Å². The molecule has 0 aliphatic heterocycles. The second-order valence-electron chi connectivity index (χ2n) is 4.64. The molecular weight excluding hydrogens is 246 g/mol. The van der Waals surface area contributed by atoms with Crippen molar-refractivity contribution in [2.45, 2.75) is 25.3 Å². The minimum atomic E-state index is 0.268. The van der Waals surface area contributed by atoms with Gasteiger partial charge in [0.05, 0.1) is 17.1 Å². The molecule has 3 heteroatoms. The summed E-state index contributed by atoms with van der Waals surface area (Å²) in [6, 6.07) is 8.16. The van der Waals surface area contributed by atoms with Gasteiger partial charge in [0.15, 0.2) is 6.29 Å². The number of benzene rings is 1. The summed E-state index contributed by atoms with van der Waals surface area (Å²) in [4.78, 5) is 11.2. The predicted molar refractivity (Wildman–Crippen MR) is 74.4 cm³/mol. The summed E-state index contributed by atoms with van der Waals surface area (Å²) in [5, 5.41) is 1.50. The van der Waals surface area contributed by atoms with E-state index in [4.69, 9.17) is 11.6 Å². The molecule has 1 aliphatic rings. The molecule has 18 heavy (non-hydrogen) atoms. The van der Waals surface area contributed by atoms with Crippen LogP contribution in [0.5, 0.6) is 0 Å². The Bertz CT molecular complexity index is 627. The molecule has 1 heterocycles. The fraction of sp³-hybridized carbons (Fsp3) is 0.267. The highest BCUT2D eigenvalue weighted by molar-refractivity contribution is 6.34. The zero-order valence-electron chi connectivity index (χ0n) is 9.97. The van der Waals surface area contributed by atoms with E-state index >= 15 is 0 Å². The molecule has 0 saturated heterocycles. The van der Waals surface area contributed by atoms with Crippen LogP contribution in [0.15, 0.2) is 36.4 Å². The highest BCUT2D eigenvalue weighted by Gasteiger charge is 2.20. The maximum Gasteiger partial charge on any atom is 0.153 e. The summed E-state index contributed by atoms with van der Waals surface area (Å²) < 4.78 is 2.08. The molecule has 3 rings (SSSR count). The number of halogens is 1. The van der Waals surface area contributed by atoms with Gasteiger partial charge in [0.1, 0.15) is 5.15 Å². The van der Waals surface area contributed by atoms with Gasteiger partial charge in [-0.2, -0.15) is 0 Å². The van der Waals surface area contributed by atoms with E-state index in [1.54, 1.807) is 0 Å². The lowest BCUT2D eigenvalue weighted by molar-refractivity contribution is 0.112. The van der Waals surface area contributed by atoms with Gasteiger partial charge in [-0.15, -0.1) is 0 Å². The SMILES string of the molecule is O=Cc1c(Cl)n([C@H]2C=CCCC2)c2ccccc12. The molecule has 1 atom stereocenters. The van der Waals surface area contributed by atoms with Crippen molar-refractivity contribution >= 4 is 28.8 Å². The first-order valence-electron chi connectivity index (χ1n) is 6.23. The molecular formula is C15H14ClNO. The Balaban J connectivity index is 2.27. The number of carbonyl (C=O) groups is 1. The summed E-state index contributed by atoms with van der Waals surface area (Å²) >= 11 is 6.38. The van der Waals surface area contributed by atoms with Crippen molar-refractivity contribution in [3.8, 4) is 0 Å². The van der Waals surface area contributed by atoms with Crippen molar-refractivity contribution in [3.05, 3.63) is 47.1 Å². The van der Waals surface area contributed by atoms with Crippen molar-refractivity contribution in [1.29, 1.82) is 0 Å². The van der Waals surface area contributed by atoms with Gasteiger partial charge in [0.2, 0.25) is 0 Å². The second-order valence-corrected chi connectivity index (χ2v) is 4.99. The summed E-state index contributed by atoms with van der Waals surface area (Å²) in [5.74, 6) is 0. The molecule has 0 amide bonds. The van der Waals surface area contributed by atoms with E-state index in [2.05, 4.69) is 16.7 Å². The molecule has 2 nitrogen and oxygen atoms in total. The number of nitrogens with zero attached hydrogens (tertiary/aromatic N) is 1. The van der Waals surface area contributed by atoms with E-state index in [9.17, 15) is 4.79 Å². The van der Waals surface area contributed by atoms with Gasteiger partial charge in [0.25, 0.3) is 0 Å². The standard InChI is InChI=1S/C15H14ClNO/c16-15-13(10-18)12-8-4-5-9-14(12)17(15)11-6-2-1-3-7-11/h2,4-6,8-11H,1,3,7H2/t11-/m0/s1. The first-order chi connectivity index (χ1) is 8.83. The van der Waals surface area contributed by atoms with Crippen LogP contribution in [0.4, 0.5) is 0 Å². The van der Waals surface area contributed by atoms with Crippen molar-refractivity contribution in [2.24, 2.45) is 0 Å². The van der Waals surface area contributed by atoms with E-state index in [-0.39, 0.29) is 6.04 Å². The Labute approximate surface area is 111 Å². The molecule has 1 aliphatic carbocycles. The zero-order valence-corrected chi connectivity index (χ0v) is 10.7. The summed E-state index contributed by atoms with van der Waals surface area (Å²) in [7, 11) is 0. The lowest BCUT2D eigenvalue weighted by Gasteiger charge is -2.20. The first kappa shape index (κ1) is 11.5. The normalized spacial score (nSPS) is 19.3. The van der Waals surface area contributed by atoms with Gasteiger partial charge in [-0.05, 0) is 25.3 Å². The maximum absolute atomic E-state index is 11.2. The van der Waals surface area contributed by atoms with Crippen LogP contribution >= 0.6 is 11.6 Å². The molecule has 0 N–H and O–H groups in total. The molecule has 0 spiro atoms. The summed E-state index contributed by atoms with van der Waals surface area (Å²) in [6.45, 7) is 0. The van der Waals surface area contributed by atoms with Crippen LogP contribution in [-0.4, -0.2) is 10.9 Å². The van der Waals surface area contributed by atoms with Crippen molar-refractivity contribution < 1.29 is 4.79 Å². The Hall–Kier alpha value is -1.54. The fourth-order valence-corrected chi connectivity index (χ4v) is 3.07. The second kappa shape index (κ2) is 4.62. The topological polar surface area (TPSA) is 22.0 Å². The Morgan fingerprint density at radius 2 is 2.17 bits per heavy atom. The number of carbonyl (C=O) groups excluding carboxylic acids is 1. The highest BCUT2D eigenvalue weighted by atomic mass is 35.5. The largest absolute Gasteiger partial charge is 0.324 e. The number of para-hydroxylation sites is 1. The number of hydrogen-bond donors (Lipinski definition) is 0. The van der Waals surface area contributed by atoms with Crippen molar-refractivity contribution in [3.63, 3.8) is 0 Å². The number of aromatic nitrogens is 1. The molecule has 2 aromatic rings. The van der Waals surface area contributed by atoms with Crippen LogP contribution in [0.1, 0.15) is 35.7 Å². The Kier molecular flexibility index (Phi) is 2.96. The third-order valence-electron chi connectivity index (χ3n) is 3.57. The van der Waals surface area contributed by atoms with Gasteiger partial charge in [-0.25, -0.2) is 0 Å². The third kappa shape index (κ3) is 1.68. The van der Waals surface area contributed by atoms with Crippen LogP contribution in [0.25, 0.3) is 10.9 Å². The van der Waals surface area contributed by atoms with E-state index < -0.39 is 0 Å². The van der Waals surface area contributed by atoms with E-state index in [0.29, 0.717) is 10.7 Å². The first-order valence-corrected chi connectivity index (χ1v) is 6.61. The Morgan fingerprint density at radius 3 is 2.89 bits per heavy atom. The summed E-state index contributed by atoms with van der Waals surface area (Å²) in [5.41, 5.74) is 1.65. The number of allylic oxidation sites excluding steroid dienone is 2. The van der Waals surface area contributed by atoms with Crippen LogP contribution in [0.2, 0.25) is 5.15 Å². The van der Waals surface area contributed by atoms with E-state index in [1.165, 1.54) is 6.42 Å². The number of aldehydes is 1. The van der Waals surface area contributed by atoms with Gasteiger partial charge in [-0.3, -0.25) is 4.79 Å². The quantitative estimate of drug-likeness (QED) is 0.579. The van der Waals surface area contributed by atoms with Gasteiger partial charge in [-0.1, -0.05) is 42.0 Å². The number of fused-ring (bicyclic) bond motifs is 1. The minimum absolute atomic E-state index is 0.268. The zero-order chi connectivity index (χ0) is 12.5. The molecule has 1 aromatic carbocycles. The van der Waals surface area contributed by atoms with Crippen molar-refractivity contribution in [2.75, 3.05) is 0 Å². The average molecular weight is 260 g/mol. The van der Waals surface area contributed by atoms with Gasteiger partial charge >= 0.3 is 0 Å². The van der Waals surface area contributed by atoms with Crippen LogP contribution in [0, 0.1) is 0 Å². The predicted octanol–water partition coefficient (Wildman–Crippen LogP) is 4.39. The van der Waals surface area contributed by atoms with Crippen molar-refractivity contribution in [1.82, 2.24) is 4.57 Å². The monoisotopic (exact) mass is 259 g/mol. The molecule has 92 valence electrons. The highest BCUT2D eigenvalue weighted by Crippen LogP contribution is 2.35. The molecule has 0 bridgehead atoms. The third-order valence-corrected chi connectivity index (χ3v) is 3.95. The van der Waals surface area contributed by atoms with Crippen LogP contribution in [0.3, 0.4) is 0 Å². The molecule has 0 radical (unpaired) electrons. The number of hydrogen-bond acceptors (Lipinski definition) is 1. The maximum atomic E-state index is 11.2. The van der Waals surface area contributed by atoms with Crippen LogP contribution < -0.4 is 0 Å². The number of rotatable bonds is 2. The van der Waals surface area contributed by atoms with Gasteiger partial charge < -0.3 is 4.57 Å². The molecule has 0 unspecified atom stereocenters. The minimum Gasteiger partial charge on any atom is -0.324 e. The van der Waals surface area contributed by atoms with Crippen LogP contribution in [-0.2, 0) is 0 Å². The van der Waals surface area contributed by atoms with Gasteiger partial charge in [0, 0.05) is 5.39 Å². The average Bonchev–Trinajstić information content (AvgIpc) is 2.71. The van der Waals surface area contributed by atoms with E-state index in [0.717, 1.165) is 30.0 Å². The summed E-state index contributed by atoms with van der Waals surface area (Å²) in [6.07, 6.45) is 8.62. The Morgan fingerprint density at radius 1 is 1.33 bits per heavy atom. The molecule has 1 aromatic heterocycles. The lowest BCUT2D eigenvalue weighted by atomic mass is 10.0. The lowest BCUT2D eigenvalue weighted by Crippen LogP contribution is -2.09. The fourth-order valence-electron chi connectivity index (χ4n) is 2.70. The molecule has 0 fully saturated rings. The molecule has 0 saturated carbocycles. The smallest absolute Gasteiger partial charge is 0.153 e.